The molecule has 0 bridgehead atoms. The summed E-state index contributed by atoms with van der Waals surface area (Å²) in [5, 5.41) is 11.2. The van der Waals surface area contributed by atoms with Crippen LogP contribution in [0.25, 0.3) is 11.1 Å². The van der Waals surface area contributed by atoms with Gasteiger partial charge in [0.2, 0.25) is 0 Å². The number of hydrogen-bond acceptors (Lipinski definition) is 6. The Hall–Kier alpha value is -3.61. The number of nitrogens with zero attached hydrogens (tertiary/aromatic N) is 3. The summed E-state index contributed by atoms with van der Waals surface area (Å²) < 4.78 is 12.3. The van der Waals surface area contributed by atoms with Crippen LogP contribution < -0.4 is 10.9 Å². The second kappa shape index (κ2) is 7.43. The number of pyridine rings is 1. The highest BCUT2D eigenvalue weighted by molar-refractivity contribution is 5.73. The quantitative estimate of drug-likeness (QED) is 0.539. The summed E-state index contributed by atoms with van der Waals surface area (Å²) in [5.74, 6) is 1.33. The largest absolute Gasteiger partial charge is 0.361 e. The predicted molar refractivity (Wildman–Crippen MR) is 110 cm³/mol. The third kappa shape index (κ3) is 3.59. The highest BCUT2D eigenvalue weighted by atomic mass is 16.5. The zero-order valence-electron chi connectivity index (χ0n) is 16.8. The summed E-state index contributed by atoms with van der Waals surface area (Å²) in [7, 11) is 0. The van der Waals surface area contributed by atoms with Gasteiger partial charge in [0.1, 0.15) is 22.8 Å². The molecular formula is C22H22N4O3. The van der Waals surface area contributed by atoms with E-state index in [0.717, 1.165) is 22.4 Å². The van der Waals surface area contributed by atoms with Crippen molar-refractivity contribution in [3.05, 3.63) is 81.4 Å². The monoisotopic (exact) mass is 390 g/mol. The lowest BCUT2D eigenvalue weighted by atomic mass is 10.1. The highest BCUT2D eigenvalue weighted by Crippen LogP contribution is 2.29. The fourth-order valence-electron chi connectivity index (χ4n) is 3.45. The van der Waals surface area contributed by atoms with Gasteiger partial charge in [0, 0.05) is 17.3 Å². The molecule has 1 aromatic carbocycles. The number of anilines is 2. The number of aryl methyl sites for hydroxylation is 4. The van der Waals surface area contributed by atoms with E-state index in [1.807, 2.05) is 70.3 Å². The minimum atomic E-state index is -0.135. The molecular weight excluding hydrogens is 368 g/mol. The molecule has 1 N–H and O–H groups in total. The SMILES string of the molecule is Cc1noc(C)c1Nc1cc(-c2c(C)noc2C)cn(Cc2ccccc2)c1=O. The molecule has 0 radical (unpaired) electrons. The van der Waals surface area contributed by atoms with Crippen LogP contribution in [-0.2, 0) is 6.54 Å². The fraction of sp³-hybridized carbons (Fsp3) is 0.227. The van der Waals surface area contributed by atoms with Gasteiger partial charge in [-0.25, -0.2) is 0 Å². The minimum absolute atomic E-state index is 0.135. The van der Waals surface area contributed by atoms with Crippen LogP contribution in [0.5, 0.6) is 0 Å². The molecule has 4 aromatic rings. The van der Waals surface area contributed by atoms with Gasteiger partial charge >= 0.3 is 0 Å². The molecule has 29 heavy (non-hydrogen) atoms. The molecule has 0 amide bonds. The Kier molecular flexibility index (Phi) is 4.80. The first-order valence-electron chi connectivity index (χ1n) is 9.35. The zero-order chi connectivity index (χ0) is 20.5. The van der Waals surface area contributed by atoms with Crippen molar-refractivity contribution in [2.24, 2.45) is 0 Å². The van der Waals surface area contributed by atoms with Crippen LogP contribution in [0.3, 0.4) is 0 Å². The van der Waals surface area contributed by atoms with E-state index in [1.165, 1.54) is 0 Å². The molecule has 7 heteroatoms. The number of aromatic nitrogens is 3. The van der Waals surface area contributed by atoms with E-state index in [0.29, 0.717) is 35.1 Å². The summed E-state index contributed by atoms with van der Waals surface area (Å²) in [6, 6.07) is 11.7. The maximum Gasteiger partial charge on any atom is 0.274 e. The van der Waals surface area contributed by atoms with Crippen LogP contribution in [0.4, 0.5) is 11.4 Å². The van der Waals surface area contributed by atoms with Gasteiger partial charge in [-0.05, 0) is 39.3 Å². The maximum atomic E-state index is 13.2. The molecule has 0 saturated heterocycles. The second-order valence-electron chi connectivity index (χ2n) is 7.08. The fourth-order valence-corrected chi connectivity index (χ4v) is 3.45. The third-order valence-corrected chi connectivity index (χ3v) is 4.90. The first kappa shape index (κ1) is 18.7. The number of rotatable bonds is 5. The molecule has 3 aromatic heterocycles. The summed E-state index contributed by atoms with van der Waals surface area (Å²) in [4.78, 5) is 13.2. The average molecular weight is 390 g/mol. The Bertz CT molecular complexity index is 1180. The third-order valence-electron chi connectivity index (χ3n) is 4.90. The van der Waals surface area contributed by atoms with Crippen LogP contribution in [0, 0.1) is 27.7 Å². The van der Waals surface area contributed by atoms with E-state index in [2.05, 4.69) is 15.6 Å². The van der Waals surface area contributed by atoms with Crippen molar-refractivity contribution in [1.29, 1.82) is 0 Å². The van der Waals surface area contributed by atoms with Gasteiger partial charge in [-0.3, -0.25) is 4.79 Å². The lowest BCUT2D eigenvalue weighted by Gasteiger charge is -2.13. The number of nitrogens with one attached hydrogen (secondary N) is 1. The number of benzene rings is 1. The molecule has 4 rings (SSSR count). The Morgan fingerprint density at radius 1 is 0.966 bits per heavy atom. The molecule has 0 atom stereocenters. The molecule has 3 heterocycles. The van der Waals surface area contributed by atoms with E-state index in [9.17, 15) is 4.79 Å². The summed E-state index contributed by atoms with van der Waals surface area (Å²) in [5.41, 5.74) is 5.24. The smallest absolute Gasteiger partial charge is 0.274 e. The standard InChI is InChI=1S/C22H22N4O3/c1-13-20(15(3)28-24-13)18-10-19(23-21-14(2)25-29-16(21)4)22(27)26(12-18)11-17-8-6-5-7-9-17/h5-10,12,23H,11H2,1-4H3. The van der Waals surface area contributed by atoms with Gasteiger partial charge in [-0.15, -0.1) is 0 Å². The minimum Gasteiger partial charge on any atom is -0.361 e. The average Bonchev–Trinajstić information content (AvgIpc) is 3.21. The first-order valence-corrected chi connectivity index (χ1v) is 9.35. The van der Waals surface area contributed by atoms with Gasteiger partial charge in [0.05, 0.1) is 12.2 Å². The van der Waals surface area contributed by atoms with Crippen molar-refractivity contribution >= 4 is 11.4 Å². The Morgan fingerprint density at radius 3 is 2.28 bits per heavy atom. The zero-order valence-corrected chi connectivity index (χ0v) is 16.8. The van der Waals surface area contributed by atoms with Gasteiger partial charge in [0.15, 0.2) is 5.76 Å². The van der Waals surface area contributed by atoms with Crippen molar-refractivity contribution < 1.29 is 9.05 Å². The molecule has 0 spiro atoms. The topological polar surface area (TPSA) is 86.1 Å². The Balaban J connectivity index is 1.86. The van der Waals surface area contributed by atoms with Crippen molar-refractivity contribution in [3.63, 3.8) is 0 Å². The normalized spacial score (nSPS) is 11.0. The lowest BCUT2D eigenvalue weighted by Crippen LogP contribution is -2.23. The van der Waals surface area contributed by atoms with E-state index in [4.69, 9.17) is 9.05 Å². The van der Waals surface area contributed by atoms with Crippen molar-refractivity contribution in [2.45, 2.75) is 34.2 Å². The van der Waals surface area contributed by atoms with E-state index < -0.39 is 0 Å². The van der Waals surface area contributed by atoms with E-state index in [-0.39, 0.29) is 5.56 Å². The molecule has 0 aliphatic rings. The first-order chi connectivity index (χ1) is 13.9. The van der Waals surface area contributed by atoms with Gasteiger partial charge < -0.3 is 18.9 Å². The van der Waals surface area contributed by atoms with Gasteiger partial charge in [-0.1, -0.05) is 40.6 Å². The Morgan fingerprint density at radius 2 is 1.66 bits per heavy atom. The van der Waals surface area contributed by atoms with Gasteiger partial charge in [0.25, 0.3) is 5.56 Å². The van der Waals surface area contributed by atoms with Crippen molar-refractivity contribution in [3.8, 4) is 11.1 Å². The lowest BCUT2D eigenvalue weighted by molar-refractivity contribution is 0.393. The second-order valence-corrected chi connectivity index (χ2v) is 7.08. The number of hydrogen-bond donors (Lipinski definition) is 1. The van der Waals surface area contributed by atoms with Crippen LogP contribution in [0.15, 0.2) is 56.4 Å². The van der Waals surface area contributed by atoms with Gasteiger partial charge in [-0.2, -0.15) is 0 Å². The molecule has 7 nitrogen and oxygen atoms in total. The van der Waals surface area contributed by atoms with Crippen molar-refractivity contribution in [1.82, 2.24) is 14.9 Å². The molecule has 0 aliphatic heterocycles. The van der Waals surface area contributed by atoms with E-state index >= 15 is 0 Å². The summed E-state index contributed by atoms with van der Waals surface area (Å²) in [6.07, 6.45) is 1.85. The molecule has 0 fully saturated rings. The van der Waals surface area contributed by atoms with Crippen LogP contribution in [0.1, 0.15) is 28.5 Å². The highest BCUT2D eigenvalue weighted by Gasteiger charge is 2.17. The summed E-state index contributed by atoms with van der Waals surface area (Å²) >= 11 is 0. The molecule has 0 saturated carbocycles. The van der Waals surface area contributed by atoms with Crippen LogP contribution in [0.2, 0.25) is 0 Å². The molecule has 0 unspecified atom stereocenters. The van der Waals surface area contributed by atoms with Crippen LogP contribution >= 0.6 is 0 Å². The summed E-state index contributed by atoms with van der Waals surface area (Å²) in [6.45, 7) is 7.85. The Labute approximate surface area is 167 Å². The molecule has 0 aliphatic carbocycles. The predicted octanol–water partition coefficient (Wildman–Crippen LogP) is 4.52. The maximum absolute atomic E-state index is 13.2. The van der Waals surface area contributed by atoms with Crippen molar-refractivity contribution in [2.75, 3.05) is 5.32 Å². The van der Waals surface area contributed by atoms with E-state index in [1.54, 1.807) is 4.57 Å². The molecule has 148 valence electrons. The van der Waals surface area contributed by atoms with Crippen LogP contribution in [-0.4, -0.2) is 14.9 Å².